The fourth-order valence-corrected chi connectivity index (χ4v) is 3.07. The van der Waals surface area contributed by atoms with E-state index in [1.165, 1.54) is 5.56 Å². The Balaban J connectivity index is 1.69. The van der Waals surface area contributed by atoms with Gasteiger partial charge in [-0.15, -0.1) is 10.2 Å². The standard InChI is InChI=1S/C18H18N4S/c1-2-22-17(16-11-6-12-19-14-16)20-21-18(22)23-13-7-10-15-8-4-3-5-9-15/h3-12,14H,2,13H2,1H3/b10-7+. The molecule has 0 aliphatic carbocycles. The Labute approximate surface area is 140 Å². The van der Waals surface area contributed by atoms with Gasteiger partial charge in [0.1, 0.15) is 0 Å². The van der Waals surface area contributed by atoms with Crippen molar-refractivity contribution in [1.82, 2.24) is 19.7 Å². The average molecular weight is 322 g/mol. The third-order valence-electron chi connectivity index (χ3n) is 3.37. The van der Waals surface area contributed by atoms with E-state index < -0.39 is 0 Å². The van der Waals surface area contributed by atoms with Crippen molar-refractivity contribution < 1.29 is 0 Å². The van der Waals surface area contributed by atoms with Crippen molar-refractivity contribution in [2.45, 2.75) is 18.6 Å². The summed E-state index contributed by atoms with van der Waals surface area (Å²) in [5, 5.41) is 9.58. The van der Waals surface area contributed by atoms with Crippen LogP contribution in [0.1, 0.15) is 12.5 Å². The monoisotopic (exact) mass is 322 g/mol. The van der Waals surface area contributed by atoms with Gasteiger partial charge >= 0.3 is 0 Å². The van der Waals surface area contributed by atoms with Gasteiger partial charge in [0.15, 0.2) is 11.0 Å². The maximum absolute atomic E-state index is 4.32. The molecule has 5 heteroatoms. The summed E-state index contributed by atoms with van der Waals surface area (Å²) in [6, 6.07) is 14.2. The highest BCUT2D eigenvalue weighted by Crippen LogP contribution is 2.23. The number of hydrogen-bond acceptors (Lipinski definition) is 4. The number of pyridine rings is 1. The van der Waals surface area contributed by atoms with Crippen LogP contribution in [0.5, 0.6) is 0 Å². The summed E-state index contributed by atoms with van der Waals surface area (Å²) in [5.41, 5.74) is 2.20. The van der Waals surface area contributed by atoms with Gasteiger partial charge in [-0.2, -0.15) is 0 Å². The van der Waals surface area contributed by atoms with Crippen LogP contribution in [-0.4, -0.2) is 25.5 Å². The molecule has 0 unspecified atom stereocenters. The Morgan fingerprint density at radius 1 is 1.09 bits per heavy atom. The average Bonchev–Trinajstić information content (AvgIpc) is 3.03. The number of rotatable bonds is 6. The molecule has 2 aromatic heterocycles. The van der Waals surface area contributed by atoms with Gasteiger partial charge in [0.05, 0.1) is 0 Å². The van der Waals surface area contributed by atoms with Crippen molar-refractivity contribution in [3.8, 4) is 11.4 Å². The van der Waals surface area contributed by atoms with E-state index in [2.05, 4.69) is 51.0 Å². The Morgan fingerprint density at radius 3 is 2.70 bits per heavy atom. The van der Waals surface area contributed by atoms with Crippen LogP contribution in [0.4, 0.5) is 0 Å². The van der Waals surface area contributed by atoms with Gasteiger partial charge in [-0.3, -0.25) is 4.98 Å². The largest absolute Gasteiger partial charge is 0.302 e. The normalized spacial score (nSPS) is 11.2. The van der Waals surface area contributed by atoms with E-state index in [9.17, 15) is 0 Å². The molecule has 0 N–H and O–H groups in total. The summed E-state index contributed by atoms with van der Waals surface area (Å²) in [5.74, 6) is 1.73. The Kier molecular flexibility index (Phi) is 5.21. The predicted octanol–water partition coefficient (Wildman–Crippen LogP) is 4.17. The first-order chi connectivity index (χ1) is 11.4. The van der Waals surface area contributed by atoms with Gasteiger partial charge in [-0.1, -0.05) is 54.2 Å². The molecule has 0 atom stereocenters. The first-order valence-electron chi connectivity index (χ1n) is 7.56. The van der Waals surface area contributed by atoms with Crippen LogP contribution in [0.15, 0.2) is 66.1 Å². The molecule has 0 saturated carbocycles. The summed E-state index contributed by atoms with van der Waals surface area (Å²) >= 11 is 1.69. The van der Waals surface area contributed by atoms with Crippen LogP contribution < -0.4 is 0 Å². The second-order valence-corrected chi connectivity index (χ2v) is 5.90. The third kappa shape index (κ3) is 3.87. The van der Waals surface area contributed by atoms with Crippen LogP contribution in [0.3, 0.4) is 0 Å². The quantitative estimate of drug-likeness (QED) is 0.639. The summed E-state index contributed by atoms with van der Waals surface area (Å²) in [7, 11) is 0. The van der Waals surface area contributed by atoms with Crippen LogP contribution in [0.25, 0.3) is 17.5 Å². The Hall–Kier alpha value is -2.40. The van der Waals surface area contributed by atoms with Gasteiger partial charge in [0.25, 0.3) is 0 Å². The molecule has 23 heavy (non-hydrogen) atoms. The van der Waals surface area contributed by atoms with Crippen molar-refractivity contribution in [3.05, 3.63) is 66.5 Å². The van der Waals surface area contributed by atoms with Crippen molar-refractivity contribution in [1.29, 1.82) is 0 Å². The second kappa shape index (κ2) is 7.74. The Morgan fingerprint density at radius 2 is 1.96 bits per heavy atom. The fourth-order valence-electron chi connectivity index (χ4n) is 2.26. The highest BCUT2D eigenvalue weighted by molar-refractivity contribution is 7.99. The minimum absolute atomic E-state index is 0.835. The molecule has 4 nitrogen and oxygen atoms in total. The van der Waals surface area contributed by atoms with Gasteiger partial charge in [-0.05, 0) is 24.6 Å². The van der Waals surface area contributed by atoms with Gasteiger partial charge in [0.2, 0.25) is 0 Å². The second-order valence-electron chi connectivity index (χ2n) is 4.92. The maximum atomic E-state index is 4.32. The minimum Gasteiger partial charge on any atom is -0.302 e. The van der Waals surface area contributed by atoms with Crippen molar-refractivity contribution >= 4 is 17.8 Å². The molecule has 2 heterocycles. The molecule has 1 aromatic carbocycles. The zero-order chi connectivity index (χ0) is 15.9. The molecule has 0 radical (unpaired) electrons. The van der Waals surface area contributed by atoms with Crippen molar-refractivity contribution in [3.63, 3.8) is 0 Å². The van der Waals surface area contributed by atoms with Crippen LogP contribution in [0, 0.1) is 0 Å². The lowest BCUT2D eigenvalue weighted by molar-refractivity contribution is 0.687. The van der Waals surface area contributed by atoms with E-state index in [0.717, 1.165) is 28.8 Å². The summed E-state index contributed by atoms with van der Waals surface area (Å²) in [6.07, 6.45) is 7.86. The molecule has 0 spiro atoms. The van der Waals surface area contributed by atoms with Crippen LogP contribution >= 0.6 is 11.8 Å². The molecule has 0 fully saturated rings. The van der Waals surface area contributed by atoms with E-state index in [0.29, 0.717) is 0 Å². The van der Waals surface area contributed by atoms with E-state index in [1.54, 1.807) is 18.0 Å². The third-order valence-corrected chi connectivity index (χ3v) is 4.29. The van der Waals surface area contributed by atoms with Crippen molar-refractivity contribution in [2.24, 2.45) is 0 Å². The minimum atomic E-state index is 0.835. The SMILES string of the molecule is CCn1c(SC/C=C/c2ccccc2)nnc1-c1cccnc1. The highest BCUT2D eigenvalue weighted by atomic mass is 32.2. The summed E-state index contributed by atoms with van der Waals surface area (Å²) < 4.78 is 2.12. The number of nitrogens with zero attached hydrogens (tertiary/aromatic N) is 4. The van der Waals surface area contributed by atoms with Gasteiger partial charge < -0.3 is 4.57 Å². The molecule has 0 aliphatic rings. The molecule has 0 bridgehead atoms. The number of benzene rings is 1. The topological polar surface area (TPSA) is 43.6 Å². The molecule has 0 saturated heterocycles. The van der Waals surface area contributed by atoms with E-state index >= 15 is 0 Å². The molecule has 3 rings (SSSR count). The van der Waals surface area contributed by atoms with E-state index in [1.807, 2.05) is 36.5 Å². The van der Waals surface area contributed by atoms with Gasteiger partial charge in [0, 0.05) is 30.3 Å². The molecule has 0 aliphatic heterocycles. The molecule has 116 valence electrons. The van der Waals surface area contributed by atoms with Crippen LogP contribution in [0.2, 0.25) is 0 Å². The highest BCUT2D eigenvalue weighted by Gasteiger charge is 2.12. The summed E-state index contributed by atoms with van der Waals surface area (Å²) in [4.78, 5) is 4.16. The fraction of sp³-hybridized carbons (Fsp3) is 0.167. The maximum Gasteiger partial charge on any atom is 0.191 e. The lowest BCUT2D eigenvalue weighted by Crippen LogP contribution is -1.99. The predicted molar refractivity (Wildman–Crippen MR) is 95.1 cm³/mol. The number of hydrogen-bond donors (Lipinski definition) is 0. The zero-order valence-corrected chi connectivity index (χ0v) is 13.8. The van der Waals surface area contributed by atoms with Crippen molar-refractivity contribution in [2.75, 3.05) is 5.75 Å². The number of thioether (sulfide) groups is 1. The van der Waals surface area contributed by atoms with Gasteiger partial charge in [-0.25, -0.2) is 0 Å². The van der Waals surface area contributed by atoms with E-state index in [4.69, 9.17) is 0 Å². The van der Waals surface area contributed by atoms with E-state index in [-0.39, 0.29) is 0 Å². The smallest absolute Gasteiger partial charge is 0.191 e. The Bertz CT molecular complexity index is 766. The number of aromatic nitrogens is 4. The lowest BCUT2D eigenvalue weighted by Gasteiger charge is -2.06. The molecular weight excluding hydrogens is 304 g/mol. The first kappa shape index (κ1) is 15.5. The molecule has 0 amide bonds. The lowest BCUT2D eigenvalue weighted by atomic mass is 10.2. The summed E-state index contributed by atoms with van der Waals surface area (Å²) in [6.45, 7) is 2.94. The van der Waals surface area contributed by atoms with Crippen LogP contribution in [-0.2, 0) is 6.54 Å². The molecule has 3 aromatic rings. The first-order valence-corrected chi connectivity index (χ1v) is 8.55. The molecular formula is C18H18N4S. The zero-order valence-electron chi connectivity index (χ0n) is 13.0.